The second kappa shape index (κ2) is 6.76. The Bertz CT molecular complexity index is 958. The summed E-state index contributed by atoms with van der Waals surface area (Å²) >= 11 is 8.59. The van der Waals surface area contributed by atoms with E-state index in [-0.39, 0.29) is 11.3 Å². The largest absolute Gasteiger partial charge is 0.298 e. The van der Waals surface area contributed by atoms with Crippen molar-refractivity contribution < 1.29 is 9.72 Å². The summed E-state index contributed by atoms with van der Waals surface area (Å²) < 4.78 is 0.824. The van der Waals surface area contributed by atoms with Crippen LogP contribution in [0, 0.1) is 10.1 Å². The second-order valence-corrected chi connectivity index (χ2v) is 7.07. The Kier molecular flexibility index (Phi) is 4.70. The van der Waals surface area contributed by atoms with Crippen molar-refractivity contribution in [2.24, 2.45) is 0 Å². The number of hydrogen-bond acceptors (Lipinski definition) is 6. The number of aromatic nitrogens is 1. The van der Waals surface area contributed by atoms with Crippen molar-refractivity contribution in [2.45, 2.75) is 4.90 Å². The van der Waals surface area contributed by atoms with E-state index >= 15 is 0 Å². The summed E-state index contributed by atoms with van der Waals surface area (Å²) in [7, 11) is 0. The van der Waals surface area contributed by atoms with Crippen LogP contribution in [0.3, 0.4) is 0 Å². The van der Waals surface area contributed by atoms with Crippen LogP contribution in [-0.4, -0.2) is 22.1 Å². The standard InChI is InChI=1S/C15H10ClN3O3S2/c1-23-9-3-5-12(19(21)22)10(7-9)14(20)18-15-17-11-4-2-8(16)6-13(11)24-15/h2-7H,1H3,(H,17,18,20). The summed E-state index contributed by atoms with van der Waals surface area (Å²) in [4.78, 5) is 28.1. The molecule has 24 heavy (non-hydrogen) atoms. The topological polar surface area (TPSA) is 85.1 Å². The van der Waals surface area contributed by atoms with Gasteiger partial charge in [0, 0.05) is 16.0 Å². The molecule has 0 bridgehead atoms. The summed E-state index contributed by atoms with van der Waals surface area (Å²) in [6, 6.07) is 9.66. The van der Waals surface area contributed by atoms with E-state index in [9.17, 15) is 14.9 Å². The van der Waals surface area contributed by atoms with Crippen LogP contribution in [0.2, 0.25) is 5.02 Å². The van der Waals surface area contributed by atoms with Crippen molar-refractivity contribution in [1.29, 1.82) is 0 Å². The number of fused-ring (bicyclic) bond motifs is 1. The molecule has 1 aromatic heterocycles. The lowest BCUT2D eigenvalue weighted by molar-refractivity contribution is -0.385. The quantitative estimate of drug-likeness (QED) is 0.398. The lowest BCUT2D eigenvalue weighted by atomic mass is 10.1. The third-order valence-electron chi connectivity index (χ3n) is 3.22. The molecule has 2 aromatic carbocycles. The molecule has 3 rings (SSSR count). The Morgan fingerprint density at radius 1 is 1.33 bits per heavy atom. The average molecular weight is 380 g/mol. The molecule has 1 heterocycles. The number of nitrogens with one attached hydrogen (secondary N) is 1. The van der Waals surface area contributed by atoms with Gasteiger partial charge in [-0.15, -0.1) is 11.8 Å². The molecule has 0 fully saturated rings. The maximum atomic E-state index is 12.5. The summed E-state index contributed by atoms with van der Waals surface area (Å²) in [6.45, 7) is 0. The molecule has 0 saturated heterocycles. The third-order valence-corrected chi connectivity index (χ3v) is 5.11. The number of anilines is 1. The number of nitro benzene ring substituents is 1. The summed E-state index contributed by atoms with van der Waals surface area (Å²) in [5.41, 5.74) is 0.464. The molecule has 0 aliphatic rings. The smallest absolute Gasteiger partial charge is 0.282 e. The van der Waals surface area contributed by atoms with Crippen molar-refractivity contribution in [3.63, 3.8) is 0 Å². The van der Waals surface area contributed by atoms with Gasteiger partial charge in [0.05, 0.1) is 15.1 Å². The first-order chi connectivity index (χ1) is 11.5. The Labute approximate surface area is 150 Å². The number of amides is 1. The fraction of sp³-hybridized carbons (Fsp3) is 0.0667. The molecule has 0 aliphatic heterocycles. The molecule has 6 nitrogen and oxygen atoms in total. The van der Waals surface area contributed by atoms with E-state index in [0.29, 0.717) is 15.7 Å². The molecule has 0 saturated carbocycles. The Morgan fingerprint density at radius 3 is 2.83 bits per heavy atom. The van der Waals surface area contributed by atoms with Crippen molar-refractivity contribution in [3.8, 4) is 0 Å². The van der Waals surface area contributed by atoms with Gasteiger partial charge in [-0.25, -0.2) is 4.98 Å². The number of thiazole rings is 1. The van der Waals surface area contributed by atoms with Gasteiger partial charge in [0.1, 0.15) is 5.56 Å². The van der Waals surface area contributed by atoms with Crippen molar-refractivity contribution in [2.75, 3.05) is 11.6 Å². The number of nitrogens with zero attached hydrogens (tertiary/aromatic N) is 2. The average Bonchev–Trinajstić information content (AvgIpc) is 2.95. The SMILES string of the molecule is CSc1ccc([N+](=O)[O-])c(C(=O)Nc2nc3ccc(Cl)cc3s2)c1. The number of carbonyl (C=O) groups excluding carboxylic acids is 1. The number of benzene rings is 2. The summed E-state index contributed by atoms with van der Waals surface area (Å²) in [6.07, 6.45) is 1.83. The molecule has 9 heteroatoms. The van der Waals surface area contributed by atoms with Crippen molar-refractivity contribution in [3.05, 3.63) is 57.1 Å². The fourth-order valence-electron chi connectivity index (χ4n) is 2.10. The normalized spacial score (nSPS) is 10.8. The molecule has 0 aliphatic carbocycles. The summed E-state index contributed by atoms with van der Waals surface area (Å²) in [5, 5.41) is 14.7. The highest BCUT2D eigenvalue weighted by molar-refractivity contribution is 7.98. The van der Waals surface area contributed by atoms with Crippen LogP contribution in [-0.2, 0) is 0 Å². The van der Waals surface area contributed by atoms with Crippen LogP contribution >= 0.6 is 34.7 Å². The van der Waals surface area contributed by atoms with Crippen molar-refractivity contribution in [1.82, 2.24) is 4.98 Å². The minimum Gasteiger partial charge on any atom is -0.298 e. The molecule has 3 aromatic rings. The molecule has 0 unspecified atom stereocenters. The van der Waals surface area contributed by atoms with Gasteiger partial charge >= 0.3 is 0 Å². The number of thioether (sulfide) groups is 1. The van der Waals surface area contributed by atoms with Gasteiger partial charge in [-0.3, -0.25) is 20.2 Å². The lowest BCUT2D eigenvalue weighted by Crippen LogP contribution is -2.14. The zero-order valence-electron chi connectivity index (χ0n) is 12.3. The third kappa shape index (κ3) is 3.35. The monoisotopic (exact) mass is 379 g/mol. The highest BCUT2D eigenvalue weighted by Gasteiger charge is 2.21. The van der Waals surface area contributed by atoms with Crippen LogP contribution in [0.25, 0.3) is 10.2 Å². The predicted octanol–water partition coefficient (Wildman–Crippen LogP) is 4.83. The number of carbonyl (C=O) groups is 1. The van der Waals surface area contributed by atoms with Gasteiger partial charge in [0.15, 0.2) is 5.13 Å². The van der Waals surface area contributed by atoms with Crippen LogP contribution < -0.4 is 5.32 Å². The van der Waals surface area contributed by atoms with E-state index in [2.05, 4.69) is 10.3 Å². The zero-order chi connectivity index (χ0) is 17.3. The van der Waals surface area contributed by atoms with Crippen molar-refractivity contribution >= 4 is 61.6 Å². The van der Waals surface area contributed by atoms with Crippen LogP contribution in [0.5, 0.6) is 0 Å². The first-order valence-electron chi connectivity index (χ1n) is 6.68. The molecular formula is C15H10ClN3O3S2. The predicted molar refractivity (Wildman–Crippen MR) is 97.5 cm³/mol. The molecular weight excluding hydrogens is 370 g/mol. The van der Waals surface area contributed by atoms with Gasteiger partial charge in [0.2, 0.25) is 0 Å². The number of rotatable bonds is 4. The second-order valence-electron chi connectivity index (χ2n) is 4.73. The first-order valence-corrected chi connectivity index (χ1v) is 9.09. The zero-order valence-corrected chi connectivity index (χ0v) is 14.7. The molecule has 0 spiro atoms. The number of nitro groups is 1. The lowest BCUT2D eigenvalue weighted by Gasteiger charge is -2.04. The fourth-order valence-corrected chi connectivity index (χ4v) is 3.68. The van der Waals surface area contributed by atoms with Crippen LogP contribution in [0.15, 0.2) is 41.3 Å². The highest BCUT2D eigenvalue weighted by Crippen LogP contribution is 2.30. The Morgan fingerprint density at radius 2 is 2.12 bits per heavy atom. The molecule has 0 radical (unpaired) electrons. The van der Waals surface area contributed by atoms with E-state index in [1.165, 1.54) is 35.2 Å². The number of halogens is 1. The van der Waals surface area contributed by atoms with Gasteiger partial charge < -0.3 is 0 Å². The molecule has 122 valence electrons. The molecule has 0 atom stereocenters. The maximum absolute atomic E-state index is 12.5. The van der Waals surface area contributed by atoms with E-state index in [1.807, 2.05) is 6.26 Å². The maximum Gasteiger partial charge on any atom is 0.282 e. The Hall–Kier alpha value is -2.16. The van der Waals surface area contributed by atoms with Gasteiger partial charge in [-0.1, -0.05) is 22.9 Å². The van der Waals surface area contributed by atoms with Crippen LogP contribution in [0.4, 0.5) is 10.8 Å². The van der Waals surface area contributed by atoms with Gasteiger partial charge in [0.25, 0.3) is 11.6 Å². The molecule has 1 N–H and O–H groups in total. The highest BCUT2D eigenvalue weighted by atomic mass is 35.5. The van der Waals surface area contributed by atoms with Gasteiger partial charge in [-0.05, 0) is 36.6 Å². The summed E-state index contributed by atoms with van der Waals surface area (Å²) in [5.74, 6) is -0.567. The first kappa shape index (κ1) is 16.7. The van der Waals surface area contributed by atoms with E-state index in [4.69, 9.17) is 11.6 Å². The number of hydrogen-bond donors (Lipinski definition) is 1. The molecule has 1 amide bonds. The van der Waals surface area contributed by atoms with E-state index < -0.39 is 10.8 Å². The van der Waals surface area contributed by atoms with Gasteiger partial charge in [-0.2, -0.15) is 0 Å². The minimum atomic E-state index is -0.572. The van der Waals surface area contributed by atoms with Crippen LogP contribution in [0.1, 0.15) is 10.4 Å². The Balaban J connectivity index is 1.94. The minimum absolute atomic E-state index is 0.00383. The van der Waals surface area contributed by atoms with E-state index in [1.54, 1.807) is 24.3 Å². The van der Waals surface area contributed by atoms with E-state index in [0.717, 1.165) is 9.60 Å².